The van der Waals surface area contributed by atoms with Gasteiger partial charge in [-0.25, -0.2) is 4.68 Å². The van der Waals surface area contributed by atoms with E-state index < -0.39 is 5.97 Å². The topological polar surface area (TPSA) is 55.1 Å². The molecule has 1 heterocycles. The summed E-state index contributed by atoms with van der Waals surface area (Å²) < 4.78 is 1.56. The second kappa shape index (κ2) is 4.77. The fourth-order valence-electron chi connectivity index (χ4n) is 1.44. The van der Waals surface area contributed by atoms with Crippen LogP contribution >= 0.6 is 23.2 Å². The first kappa shape index (κ1) is 12.0. The molecule has 0 saturated carbocycles. The quantitative estimate of drug-likeness (QED) is 0.933. The van der Waals surface area contributed by atoms with Gasteiger partial charge >= 0.3 is 5.97 Å². The van der Waals surface area contributed by atoms with Crippen molar-refractivity contribution in [2.45, 2.75) is 6.42 Å². The first-order valence-electron chi connectivity index (χ1n) is 4.77. The summed E-state index contributed by atoms with van der Waals surface area (Å²) in [7, 11) is 0. The minimum absolute atomic E-state index is 0.123. The number of carboxylic acids is 1. The number of hydrogen-bond acceptors (Lipinski definition) is 2. The lowest BCUT2D eigenvalue weighted by atomic mass is 10.1. The second-order valence-corrected chi connectivity index (χ2v) is 4.29. The minimum Gasteiger partial charge on any atom is -0.481 e. The number of carbonyl (C=O) groups is 1. The average Bonchev–Trinajstić information content (AvgIpc) is 2.67. The van der Waals surface area contributed by atoms with Crippen molar-refractivity contribution >= 4 is 29.2 Å². The second-order valence-electron chi connectivity index (χ2n) is 3.45. The highest BCUT2D eigenvalue weighted by atomic mass is 35.5. The zero-order chi connectivity index (χ0) is 12.4. The van der Waals surface area contributed by atoms with Crippen LogP contribution in [0, 0.1) is 0 Å². The molecule has 17 heavy (non-hydrogen) atoms. The van der Waals surface area contributed by atoms with E-state index in [1.165, 1.54) is 6.20 Å². The van der Waals surface area contributed by atoms with Gasteiger partial charge in [0.1, 0.15) is 0 Å². The van der Waals surface area contributed by atoms with Crippen molar-refractivity contribution < 1.29 is 9.90 Å². The molecule has 0 spiro atoms. The summed E-state index contributed by atoms with van der Waals surface area (Å²) in [5.41, 5.74) is 1.26. The highest BCUT2D eigenvalue weighted by Crippen LogP contribution is 2.21. The smallest absolute Gasteiger partial charge is 0.307 e. The molecule has 1 aromatic carbocycles. The van der Waals surface area contributed by atoms with E-state index in [1.54, 1.807) is 29.1 Å². The van der Waals surface area contributed by atoms with Crippen molar-refractivity contribution in [2.24, 2.45) is 0 Å². The van der Waals surface area contributed by atoms with E-state index in [9.17, 15) is 4.79 Å². The summed E-state index contributed by atoms with van der Waals surface area (Å²) in [6.45, 7) is 0. The number of halogens is 2. The van der Waals surface area contributed by atoms with Crippen molar-refractivity contribution in [3.63, 3.8) is 0 Å². The van der Waals surface area contributed by atoms with Crippen LogP contribution in [-0.4, -0.2) is 20.9 Å². The Morgan fingerprint density at radius 3 is 2.76 bits per heavy atom. The van der Waals surface area contributed by atoms with Gasteiger partial charge in [0, 0.05) is 11.2 Å². The standard InChI is InChI=1S/C11H8Cl2N2O2/c12-8-5-14-15(6-8)9-1-2-10(13)7(3-9)4-11(16)17/h1-3,5-6H,4H2,(H,16,17). The van der Waals surface area contributed by atoms with Crippen LogP contribution in [0.25, 0.3) is 5.69 Å². The van der Waals surface area contributed by atoms with Crippen molar-refractivity contribution in [3.8, 4) is 5.69 Å². The van der Waals surface area contributed by atoms with E-state index in [0.717, 1.165) is 5.69 Å². The Morgan fingerprint density at radius 2 is 2.18 bits per heavy atom. The normalized spacial score (nSPS) is 10.5. The number of aliphatic carboxylic acids is 1. The molecule has 0 bridgehead atoms. The third-order valence-corrected chi connectivity index (χ3v) is 2.75. The molecule has 2 aromatic rings. The molecule has 0 aliphatic heterocycles. The Kier molecular flexibility index (Phi) is 3.36. The molecule has 0 saturated heterocycles. The molecule has 0 aliphatic rings. The maximum Gasteiger partial charge on any atom is 0.307 e. The number of benzene rings is 1. The van der Waals surface area contributed by atoms with Gasteiger partial charge in [-0.2, -0.15) is 5.10 Å². The molecule has 0 amide bonds. The third-order valence-electron chi connectivity index (χ3n) is 2.19. The van der Waals surface area contributed by atoms with E-state index in [2.05, 4.69) is 5.10 Å². The molecule has 0 atom stereocenters. The molecule has 1 aromatic heterocycles. The van der Waals surface area contributed by atoms with E-state index in [0.29, 0.717) is 15.6 Å². The molecule has 0 fully saturated rings. The Hall–Kier alpha value is -1.52. The zero-order valence-corrected chi connectivity index (χ0v) is 10.1. The van der Waals surface area contributed by atoms with Gasteiger partial charge in [0.25, 0.3) is 0 Å². The fourth-order valence-corrected chi connectivity index (χ4v) is 1.76. The zero-order valence-electron chi connectivity index (χ0n) is 8.60. The minimum atomic E-state index is -0.928. The molecule has 4 nitrogen and oxygen atoms in total. The van der Waals surface area contributed by atoms with E-state index in [4.69, 9.17) is 28.3 Å². The fraction of sp³-hybridized carbons (Fsp3) is 0.0909. The number of hydrogen-bond donors (Lipinski definition) is 1. The highest BCUT2D eigenvalue weighted by molar-refractivity contribution is 6.31. The van der Waals surface area contributed by atoms with Gasteiger partial charge in [-0.3, -0.25) is 4.79 Å². The van der Waals surface area contributed by atoms with E-state index in [-0.39, 0.29) is 6.42 Å². The van der Waals surface area contributed by atoms with Gasteiger partial charge in [-0.15, -0.1) is 0 Å². The van der Waals surface area contributed by atoms with Gasteiger partial charge in [0.2, 0.25) is 0 Å². The van der Waals surface area contributed by atoms with Crippen molar-refractivity contribution in [3.05, 3.63) is 46.2 Å². The predicted molar refractivity (Wildman–Crippen MR) is 64.9 cm³/mol. The molecular formula is C11H8Cl2N2O2. The largest absolute Gasteiger partial charge is 0.481 e. The van der Waals surface area contributed by atoms with Crippen LogP contribution in [0.5, 0.6) is 0 Å². The monoisotopic (exact) mass is 270 g/mol. The highest BCUT2D eigenvalue weighted by Gasteiger charge is 2.08. The van der Waals surface area contributed by atoms with Crippen LogP contribution in [0.4, 0.5) is 0 Å². The average molecular weight is 271 g/mol. The molecule has 88 valence electrons. The number of carboxylic acid groups (broad SMARTS) is 1. The molecule has 1 N–H and O–H groups in total. The van der Waals surface area contributed by atoms with Gasteiger partial charge < -0.3 is 5.11 Å². The lowest BCUT2D eigenvalue weighted by molar-refractivity contribution is -0.136. The van der Waals surface area contributed by atoms with Gasteiger partial charge in [0.15, 0.2) is 0 Å². The molecule has 0 unspecified atom stereocenters. The molecular weight excluding hydrogens is 263 g/mol. The number of nitrogens with zero attached hydrogens (tertiary/aromatic N) is 2. The Balaban J connectivity index is 2.40. The van der Waals surface area contributed by atoms with Crippen LogP contribution in [0.3, 0.4) is 0 Å². The summed E-state index contributed by atoms with van der Waals surface area (Å²) in [4.78, 5) is 10.7. The summed E-state index contributed by atoms with van der Waals surface area (Å²) in [5.74, 6) is -0.928. The van der Waals surface area contributed by atoms with Crippen LogP contribution in [0.15, 0.2) is 30.6 Å². The third kappa shape index (κ3) is 2.78. The van der Waals surface area contributed by atoms with Gasteiger partial charge in [0.05, 0.1) is 23.3 Å². The summed E-state index contributed by atoms with van der Waals surface area (Å²) >= 11 is 11.7. The summed E-state index contributed by atoms with van der Waals surface area (Å²) in [5, 5.41) is 13.7. The van der Waals surface area contributed by atoms with Crippen LogP contribution < -0.4 is 0 Å². The predicted octanol–water partition coefficient (Wildman–Crippen LogP) is 2.81. The summed E-state index contributed by atoms with van der Waals surface area (Å²) in [6, 6.07) is 5.07. The van der Waals surface area contributed by atoms with E-state index in [1.807, 2.05) is 0 Å². The maximum atomic E-state index is 10.7. The van der Waals surface area contributed by atoms with Gasteiger partial charge in [-0.1, -0.05) is 23.2 Å². The van der Waals surface area contributed by atoms with Crippen molar-refractivity contribution in [1.82, 2.24) is 9.78 Å². The Bertz CT molecular complexity index is 566. The molecule has 2 rings (SSSR count). The molecule has 6 heteroatoms. The lowest BCUT2D eigenvalue weighted by Crippen LogP contribution is -2.02. The SMILES string of the molecule is O=C(O)Cc1cc(-n2cc(Cl)cn2)ccc1Cl. The van der Waals surface area contributed by atoms with E-state index >= 15 is 0 Å². The summed E-state index contributed by atoms with van der Waals surface area (Å²) in [6.07, 6.45) is 3.02. The van der Waals surface area contributed by atoms with Crippen LogP contribution in [-0.2, 0) is 11.2 Å². The number of aromatic nitrogens is 2. The first-order valence-corrected chi connectivity index (χ1v) is 5.52. The molecule has 0 aliphatic carbocycles. The van der Waals surface area contributed by atoms with Crippen LogP contribution in [0.1, 0.15) is 5.56 Å². The number of rotatable bonds is 3. The Morgan fingerprint density at radius 1 is 1.41 bits per heavy atom. The maximum absolute atomic E-state index is 10.7. The Labute approximate surface area is 107 Å². The lowest BCUT2D eigenvalue weighted by Gasteiger charge is -2.05. The van der Waals surface area contributed by atoms with Gasteiger partial charge in [-0.05, 0) is 23.8 Å². The van der Waals surface area contributed by atoms with Crippen LogP contribution in [0.2, 0.25) is 10.0 Å². The van der Waals surface area contributed by atoms with Crippen molar-refractivity contribution in [2.75, 3.05) is 0 Å². The first-order chi connectivity index (χ1) is 8.06. The van der Waals surface area contributed by atoms with Crippen molar-refractivity contribution in [1.29, 1.82) is 0 Å². The molecule has 0 radical (unpaired) electrons.